The summed E-state index contributed by atoms with van der Waals surface area (Å²) in [7, 11) is 0. The van der Waals surface area contributed by atoms with Gasteiger partial charge in [-0.1, -0.05) is 71.8 Å². The van der Waals surface area contributed by atoms with E-state index in [1.165, 1.54) is 24.3 Å². The molecule has 0 heterocycles. The van der Waals surface area contributed by atoms with Gasteiger partial charge >= 0.3 is 11.8 Å². The molecule has 0 nitrogen and oxygen atoms in total. The van der Waals surface area contributed by atoms with Crippen molar-refractivity contribution in [3.05, 3.63) is 82.9 Å². The van der Waals surface area contributed by atoms with E-state index in [2.05, 4.69) is 0 Å². The SMILES string of the molecule is Cc1ccc(C2=CC=C(c3ccc(C)cc3)C(F)(F)C2(F)F)cc1. The molecule has 0 aliphatic heterocycles. The Hall–Kier alpha value is -2.36. The third-order valence-corrected chi connectivity index (χ3v) is 4.21. The zero-order chi connectivity index (χ0) is 17.5. The largest absolute Gasteiger partial charge is 0.340 e. The minimum absolute atomic E-state index is 0.101. The van der Waals surface area contributed by atoms with Crippen molar-refractivity contribution in [2.45, 2.75) is 25.7 Å². The molecule has 0 saturated heterocycles. The number of hydrogen-bond donors (Lipinski definition) is 0. The van der Waals surface area contributed by atoms with Crippen molar-refractivity contribution >= 4 is 11.1 Å². The Kier molecular flexibility index (Phi) is 3.86. The monoisotopic (exact) mass is 332 g/mol. The van der Waals surface area contributed by atoms with Crippen LogP contribution in [0.25, 0.3) is 11.1 Å². The van der Waals surface area contributed by atoms with Gasteiger partial charge in [-0.3, -0.25) is 0 Å². The highest BCUT2D eigenvalue weighted by Gasteiger charge is 2.62. The maximum absolute atomic E-state index is 14.6. The molecule has 0 radical (unpaired) electrons. The van der Waals surface area contributed by atoms with E-state index in [1.807, 2.05) is 0 Å². The van der Waals surface area contributed by atoms with Crippen molar-refractivity contribution < 1.29 is 17.6 Å². The second-order valence-electron chi connectivity index (χ2n) is 6.04. The van der Waals surface area contributed by atoms with Crippen LogP contribution in [0.1, 0.15) is 22.3 Å². The van der Waals surface area contributed by atoms with Gasteiger partial charge in [0.15, 0.2) is 0 Å². The summed E-state index contributed by atoms with van der Waals surface area (Å²) in [5.41, 5.74) is 0.628. The number of halogens is 4. The number of rotatable bonds is 2. The third kappa shape index (κ3) is 2.56. The summed E-state index contributed by atoms with van der Waals surface area (Å²) in [6.07, 6.45) is 2.19. The van der Waals surface area contributed by atoms with Crippen LogP contribution in [0, 0.1) is 13.8 Å². The molecule has 1 aliphatic carbocycles. The number of alkyl halides is 4. The van der Waals surface area contributed by atoms with Crippen LogP contribution < -0.4 is 0 Å². The number of hydrogen-bond acceptors (Lipinski definition) is 0. The van der Waals surface area contributed by atoms with Gasteiger partial charge in [0.25, 0.3) is 0 Å². The molecule has 0 unspecified atom stereocenters. The first-order chi connectivity index (χ1) is 11.2. The summed E-state index contributed by atoms with van der Waals surface area (Å²) in [6.45, 7) is 3.61. The molecule has 4 heteroatoms. The van der Waals surface area contributed by atoms with Crippen molar-refractivity contribution in [1.82, 2.24) is 0 Å². The van der Waals surface area contributed by atoms with E-state index in [0.717, 1.165) is 23.3 Å². The minimum Gasteiger partial charge on any atom is -0.194 e. The van der Waals surface area contributed by atoms with Gasteiger partial charge in [-0.2, -0.15) is 17.6 Å². The summed E-state index contributed by atoms with van der Waals surface area (Å²) < 4.78 is 58.4. The van der Waals surface area contributed by atoms with Crippen LogP contribution in [0.3, 0.4) is 0 Å². The lowest BCUT2D eigenvalue weighted by Gasteiger charge is -2.33. The second-order valence-corrected chi connectivity index (χ2v) is 6.04. The molecule has 124 valence electrons. The van der Waals surface area contributed by atoms with Crippen molar-refractivity contribution in [1.29, 1.82) is 0 Å². The van der Waals surface area contributed by atoms with E-state index < -0.39 is 23.0 Å². The molecule has 1 aliphatic rings. The van der Waals surface area contributed by atoms with Crippen molar-refractivity contribution in [3.8, 4) is 0 Å². The molecule has 0 aromatic heterocycles. The van der Waals surface area contributed by atoms with Crippen LogP contribution in [-0.4, -0.2) is 11.8 Å². The van der Waals surface area contributed by atoms with Gasteiger partial charge in [0, 0.05) is 11.1 Å². The Bertz CT molecular complexity index is 738. The molecule has 0 N–H and O–H groups in total. The molecule has 0 fully saturated rings. The van der Waals surface area contributed by atoms with Gasteiger partial charge in [0.2, 0.25) is 0 Å². The van der Waals surface area contributed by atoms with Crippen LogP contribution in [-0.2, 0) is 0 Å². The van der Waals surface area contributed by atoms with Gasteiger partial charge in [0.1, 0.15) is 0 Å². The van der Waals surface area contributed by atoms with E-state index in [4.69, 9.17) is 0 Å². The summed E-state index contributed by atoms with van der Waals surface area (Å²) >= 11 is 0. The lowest BCUT2D eigenvalue weighted by Crippen LogP contribution is -2.44. The molecular formula is C20H16F4. The average molecular weight is 332 g/mol. The van der Waals surface area contributed by atoms with Gasteiger partial charge in [-0.25, -0.2) is 0 Å². The van der Waals surface area contributed by atoms with Gasteiger partial charge < -0.3 is 0 Å². The molecule has 0 saturated carbocycles. The Labute approximate surface area is 138 Å². The molecule has 2 aromatic rings. The molecule has 24 heavy (non-hydrogen) atoms. The van der Waals surface area contributed by atoms with E-state index in [0.29, 0.717) is 0 Å². The summed E-state index contributed by atoms with van der Waals surface area (Å²) in [5, 5.41) is 0. The molecule has 0 bridgehead atoms. The van der Waals surface area contributed by atoms with Crippen LogP contribution in [0.2, 0.25) is 0 Å². The smallest absolute Gasteiger partial charge is 0.194 e. The molecule has 0 atom stereocenters. The normalized spacial score (nSPS) is 18.8. The Morgan fingerprint density at radius 3 is 1.12 bits per heavy atom. The fourth-order valence-electron chi connectivity index (χ4n) is 2.74. The van der Waals surface area contributed by atoms with Crippen molar-refractivity contribution in [2.75, 3.05) is 0 Å². The summed E-state index contributed by atoms with van der Waals surface area (Å²) in [5.74, 6) is -8.56. The average Bonchev–Trinajstić information content (AvgIpc) is 2.52. The number of aryl methyl sites for hydroxylation is 2. The van der Waals surface area contributed by atoms with Crippen LogP contribution >= 0.6 is 0 Å². The second kappa shape index (κ2) is 5.62. The highest BCUT2D eigenvalue weighted by molar-refractivity contribution is 5.86. The van der Waals surface area contributed by atoms with Gasteiger partial charge in [-0.15, -0.1) is 0 Å². The molecule has 2 aromatic carbocycles. The molecule has 0 amide bonds. The maximum Gasteiger partial charge on any atom is 0.340 e. The standard InChI is InChI=1S/C20H16F4/c1-13-3-7-15(8-4-13)17-11-12-18(20(23,24)19(17,21)22)16-9-5-14(2)6-10-16/h3-12H,1-2H3. The summed E-state index contributed by atoms with van der Waals surface area (Å²) in [4.78, 5) is 0. The Morgan fingerprint density at radius 2 is 0.833 bits per heavy atom. The molecule has 3 rings (SSSR count). The van der Waals surface area contributed by atoms with Gasteiger partial charge in [0.05, 0.1) is 0 Å². The molecular weight excluding hydrogens is 316 g/mol. The first-order valence-corrected chi connectivity index (χ1v) is 7.56. The predicted molar refractivity (Wildman–Crippen MR) is 88.2 cm³/mol. The van der Waals surface area contributed by atoms with E-state index in [-0.39, 0.29) is 11.1 Å². The van der Waals surface area contributed by atoms with Gasteiger partial charge in [-0.05, 0) is 25.0 Å². The zero-order valence-corrected chi connectivity index (χ0v) is 13.3. The number of benzene rings is 2. The van der Waals surface area contributed by atoms with Crippen molar-refractivity contribution in [2.24, 2.45) is 0 Å². The molecule has 0 spiro atoms. The Morgan fingerprint density at radius 1 is 0.542 bits per heavy atom. The fourth-order valence-corrected chi connectivity index (χ4v) is 2.74. The fraction of sp³-hybridized carbons (Fsp3) is 0.200. The van der Waals surface area contributed by atoms with E-state index in [1.54, 1.807) is 38.1 Å². The topological polar surface area (TPSA) is 0 Å². The van der Waals surface area contributed by atoms with Crippen LogP contribution in [0.15, 0.2) is 60.7 Å². The van der Waals surface area contributed by atoms with E-state index >= 15 is 0 Å². The maximum atomic E-state index is 14.6. The quantitative estimate of drug-likeness (QED) is 0.587. The Balaban J connectivity index is 2.13. The lowest BCUT2D eigenvalue weighted by atomic mass is 9.83. The van der Waals surface area contributed by atoms with Crippen LogP contribution in [0.5, 0.6) is 0 Å². The first kappa shape index (κ1) is 16.5. The van der Waals surface area contributed by atoms with Crippen molar-refractivity contribution in [3.63, 3.8) is 0 Å². The highest BCUT2D eigenvalue weighted by atomic mass is 19.3. The first-order valence-electron chi connectivity index (χ1n) is 7.56. The lowest BCUT2D eigenvalue weighted by molar-refractivity contribution is -0.133. The summed E-state index contributed by atoms with van der Waals surface area (Å²) in [6, 6.07) is 12.3. The predicted octanol–water partition coefficient (Wildman–Crippen LogP) is 6.05. The minimum atomic E-state index is -4.28. The highest BCUT2D eigenvalue weighted by Crippen LogP contribution is 2.53. The van der Waals surface area contributed by atoms with Crippen LogP contribution in [0.4, 0.5) is 17.6 Å². The zero-order valence-electron chi connectivity index (χ0n) is 13.3. The van der Waals surface area contributed by atoms with E-state index in [9.17, 15) is 17.6 Å². The number of allylic oxidation sites excluding steroid dienone is 4. The third-order valence-electron chi connectivity index (χ3n) is 4.21.